The molecule has 19 heavy (non-hydrogen) atoms. The van der Waals surface area contributed by atoms with Gasteiger partial charge in [-0.1, -0.05) is 6.92 Å². The quantitative estimate of drug-likeness (QED) is 0.437. The van der Waals surface area contributed by atoms with E-state index in [1.165, 1.54) is 19.2 Å². The summed E-state index contributed by atoms with van der Waals surface area (Å²) in [6.45, 7) is 2.53. The number of esters is 1. The van der Waals surface area contributed by atoms with Crippen molar-refractivity contribution in [1.82, 2.24) is 4.98 Å². The van der Waals surface area contributed by atoms with Gasteiger partial charge in [-0.2, -0.15) is 0 Å². The fourth-order valence-electron chi connectivity index (χ4n) is 1.29. The highest BCUT2D eigenvalue weighted by molar-refractivity contribution is 5.74. The van der Waals surface area contributed by atoms with Crippen molar-refractivity contribution in [3.05, 3.63) is 22.2 Å². The second-order valence-electron chi connectivity index (χ2n) is 3.71. The van der Waals surface area contributed by atoms with Crippen LogP contribution < -0.4 is 10.6 Å². The molecule has 0 aliphatic heterocycles. The molecule has 0 amide bonds. The monoisotopic (exact) mass is 268 g/mol. The average molecular weight is 268 g/mol. The van der Waals surface area contributed by atoms with Crippen LogP contribution in [0.4, 0.5) is 17.3 Å². The first kappa shape index (κ1) is 14.7. The number of nitrogens with zero attached hydrogens (tertiary/aromatic N) is 2. The fourth-order valence-corrected chi connectivity index (χ4v) is 1.29. The zero-order valence-electron chi connectivity index (χ0n) is 10.8. The molecule has 0 unspecified atom stereocenters. The topological polar surface area (TPSA) is 106 Å². The van der Waals surface area contributed by atoms with E-state index in [0.717, 1.165) is 6.42 Å². The molecular weight excluding hydrogens is 252 g/mol. The maximum absolute atomic E-state index is 11.0. The number of hydrogen-bond donors (Lipinski definition) is 2. The van der Waals surface area contributed by atoms with E-state index in [-0.39, 0.29) is 18.1 Å². The summed E-state index contributed by atoms with van der Waals surface area (Å²) in [6.07, 6.45) is 0.870. The third kappa shape index (κ3) is 4.78. The van der Waals surface area contributed by atoms with Crippen LogP contribution in [-0.2, 0) is 9.53 Å². The Hall–Kier alpha value is -2.38. The van der Waals surface area contributed by atoms with Gasteiger partial charge in [0.05, 0.1) is 24.2 Å². The second kappa shape index (κ2) is 7.14. The van der Waals surface area contributed by atoms with E-state index in [1.807, 2.05) is 6.92 Å². The molecule has 0 aliphatic carbocycles. The summed E-state index contributed by atoms with van der Waals surface area (Å²) in [5.41, 5.74) is -0.0963. The van der Waals surface area contributed by atoms with Crippen molar-refractivity contribution in [2.45, 2.75) is 13.3 Å². The number of pyridine rings is 1. The van der Waals surface area contributed by atoms with Crippen molar-refractivity contribution in [2.75, 3.05) is 30.8 Å². The lowest BCUT2D eigenvalue weighted by Crippen LogP contribution is -2.16. The highest BCUT2D eigenvalue weighted by Crippen LogP contribution is 2.20. The molecule has 1 rings (SSSR count). The minimum Gasteiger partial charge on any atom is -0.468 e. The highest BCUT2D eigenvalue weighted by atomic mass is 16.6. The molecule has 0 bridgehead atoms. The van der Waals surface area contributed by atoms with Gasteiger partial charge in [0.1, 0.15) is 18.2 Å². The Bertz CT molecular complexity index is 464. The normalized spacial score (nSPS) is 9.79. The molecule has 0 aromatic carbocycles. The number of rotatable bonds is 7. The van der Waals surface area contributed by atoms with Crippen molar-refractivity contribution in [1.29, 1.82) is 0 Å². The van der Waals surface area contributed by atoms with Crippen LogP contribution in [0.25, 0.3) is 0 Å². The molecule has 1 heterocycles. The van der Waals surface area contributed by atoms with Crippen molar-refractivity contribution in [3.8, 4) is 0 Å². The van der Waals surface area contributed by atoms with Crippen molar-refractivity contribution in [3.63, 3.8) is 0 Å². The minimum absolute atomic E-state index is 0.0963. The number of hydrogen-bond acceptors (Lipinski definition) is 7. The zero-order chi connectivity index (χ0) is 14.3. The lowest BCUT2D eigenvalue weighted by atomic mass is 10.3. The Morgan fingerprint density at radius 1 is 1.42 bits per heavy atom. The van der Waals surface area contributed by atoms with Gasteiger partial charge in [0.2, 0.25) is 0 Å². The highest BCUT2D eigenvalue weighted by Gasteiger charge is 2.11. The van der Waals surface area contributed by atoms with E-state index in [4.69, 9.17) is 0 Å². The minimum atomic E-state index is -0.512. The summed E-state index contributed by atoms with van der Waals surface area (Å²) in [7, 11) is 1.26. The average Bonchev–Trinajstić information content (AvgIpc) is 2.42. The van der Waals surface area contributed by atoms with Gasteiger partial charge < -0.3 is 15.4 Å². The first-order valence-electron chi connectivity index (χ1n) is 5.77. The summed E-state index contributed by atoms with van der Waals surface area (Å²) >= 11 is 0. The van der Waals surface area contributed by atoms with Crippen LogP contribution in [-0.4, -0.2) is 36.1 Å². The second-order valence-corrected chi connectivity index (χ2v) is 3.71. The molecule has 0 atom stereocenters. The van der Waals surface area contributed by atoms with Gasteiger partial charge in [0.25, 0.3) is 5.69 Å². The molecule has 104 valence electrons. The van der Waals surface area contributed by atoms with E-state index >= 15 is 0 Å². The molecule has 2 N–H and O–H groups in total. The lowest BCUT2D eigenvalue weighted by molar-refractivity contribution is -0.384. The van der Waals surface area contributed by atoms with Crippen molar-refractivity contribution >= 4 is 23.3 Å². The number of ether oxygens (including phenoxy) is 1. The van der Waals surface area contributed by atoms with Crippen molar-refractivity contribution < 1.29 is 14.5 Å². The first-order chi connectivity index (χ1) is 9.06. The van der Waals surface area contributed by atoms with Gasteiger partial charge >= 0.3 is 5.97 Å². The van der Waals surface area contributed by atoms with Crippen LogP contribution in [0, 0.1) is 10.1 Å². The number of nitro groups is 1. The third-order valence-electron chi connectivity index (χ3n) is 2.22. The van der Waals surface area contributed by atoms with E-state index < -0.39 is 10.9 Å². The molecule has 1 aromatic rings. The number of aromatic nitrogens is 1. The number of nitrogens with one attached hydrogen (secondary N) is 2. The molecule has 0 saturated heterocycles. The van der Waals surface area contributed by atoms with Crippen LogP contribution in [0.2, 0.25) is 0 Å². The molecule has 0 saturated carbocycles. The Kier molecular flexibility index (Phi) is 5.52. The predicted octanol–water partition coefficient (Wildman–Crippen LogP) is 1.40. The zero-order valence-corrected chi connectivity index (χ0v) is 10.8. The Labute approximate surface area is 110 Å². The van der Waals surface area contributed by atoms with Gasteiger partial charge in [0, 0.05) is 6.54 Å². The molecular formula is C11H16N4O4. The standard InChI is InChI=1S/C11H16N4O4/c1-3-4-12-9-5-8(15(17)18)6-10(14-9)13-7-11(16)19-2/h5-6H,3-4,7H2,1-2H3,(H2,12,13,14). The summed E-state index contributed by atoms with van der Waals surface area (Å²) in [5.74, 6) is 0.165. The van der Waals surface area contributed by atoms with Gasteiger partial charge in [-0.05, 0) is 6.42 Å². The summed E-state index contributed by atoms with van der Waals surface area (Å²) in [4.78, 5) is 25.4. The largest absolute Gasteiger partial charge is 0.468 e. The Morgan fingerprint density at radius 3 is 2.58 bits per heavy atom. The van der Waals surface area contributed by atoms with Crippen molar-refractivity contribution in [2.24, 2.45) is 0 Å². The lowest BCUT2D eigenvalue weighted by Gasteiger charge is -2.08. The van der Waals surface area contributed by atoms with Crippen LogP contribution in [0.5, 0.6) is 0 Å². The van der Waals surface area contributed by atoms with Gasteiger partial charge in [-0.3, -0.25) is 14.9 Å². The van der Waals surface area contributed by atoms with Gasteiger partial charge in [-0.25, -0.2) is 4.98 Å². The summed E-state index contributed by atoms with van der Waals surface area (Å²) in [5, 5.41) is 16.4. The van der Waals surface area contributed by atoms with Crippen LogP contribution >= 0.6 is 0 Å². The maximum atomic E-state index is 11.0. The third-order valence-corrected chi connectivity index (χ3v) is 2.22. The smallest absolute Gasteiger partial charge is 0.325 e. The molecule has 0 radical (unpaired) electrons. The number of carbonyl (C=O) groups is 1. The maximum Gasteiger partial charge on any atom is 0.325 e. The predicted molar refractivity (Wildman–Crippen MR) is 70.2 cm³/mol. The number of anilines is 2. The van der Waals surface area contributed by atoms with Crippen LogP contribution in [0.15, 0.2) is 12.1 Å². The SMILES string of the molecule is CCCNc1cc([N+](=O)[O-])cc(NCC(=O)OC)n1. The van der Waals surface area contributed by atoms with E-state index in [9.17, 15) is 14.9 Å². The molecule has 8 heteroatoms. The van der Waals surface area contributed by atoms with Gasteiger partial charge in [0.15, 0.2) is 0 Å². The fraction of sp³-hybridized carbons (Fsp3) is 0.455. The van der Waals surface area contributed by atoms with Crippen LogP contribution in [0.1, 0.15) is 13.3 Å². The van der Waals surface area contributed by atoms with E-state index in [0.29, 0.717) is 12.4 Å². The molecule has 0 fully saturated rings. The first-order valence-corrected chi connectivity index (χ1v) is 5.77. The Balaban J connectivity index is 2.86. The summed E-state index contributed by atoms with van der Waals surface area (Å²) < 4.78 is 4.47. The van der Waals surface area contributed by atoms with Crippen LogP contribution in [0.3, 0.4) is 0 Å². The summed E-state index contributed by atoms with van der Waals surface area (Å²) in [6, 6.07) is 2.61. The van der Waals surface area contributed by atoms with E-state index in [2.05, 4.69) is 20.4 Å². The Morgan fingerprint density at radius 2 is 2.05 bits per heavy atom. The number of methoxy groups -OCH3 is 1. The molecule has 0 spiro atoms. The molecule has 1 aromatic heterocycles. The molecule has 8 nitrogen and oxygen atoms in total. The molecule has 0 aliphatic rings. The number of carbonyl (C=O) groups excluding carboxylic acids is 1. The van der Waals surface area contributed by atoms with Gasteiger partial charge in [-0.15, -0.1) is 0 Å². The van der Waals surface area contributed by atoms with E-state index in [1.54, 1.807) is 0 Å².